The maximum atomic E-state index is 13.1. The minimum absolute atomic E-state index is 0.244. The van der Waals surface area contributed by atoms with E-state index in [0.29, 0.717) is 0 Å². The van der Waals surface area contributed by atoms with Gasteiger partial charge in [-0.05, 0) is 41.5 Å². The Labute approximate surface area is 115 Å². The lowest BCUT2D eigenvalue weighted by molar-refractivity contribution is 0.627. The van der Waals surface area contributed by atoms with E-state index in [2.05, 4.69) is 15.2 Å². The lowest BCUT2D eigenvalue weighted by atomic mass is 10.1. The summed E-state index contributed by atoms with van der Waals surface area (Å²) in [5.41, 5.74) is 3.70. The van der Waals surface area contributed by atoms with Gasteiger partial charge in [0.1, 0.15) is 5.82 Å². The molecular weight excluding hydrogens is 253 g/mol. The van der Waals surface area contributed by atoms with Crippen molar-refractivity contribution in [2.45, 2.75) is 0 Å². The second kappa shape index (κ2) is 5.48. The van der Waals surface area contributed by atoms with E-state index in [0.717, 1.165) is 22.4 Å². The molecule has 20 heavy (non-hydrogen) atoms. The Hall–Kier alpha value is -2.75. The Kier molecular flexibility index (Phi) is 3.37. The van der Waals surface area contributed by atoms with Crippen LogP contribution in [0.5, 0.6) is 0 Å². The van der Waals surface area contributed by atoms with Crippen molar-refractivity contribution in [3.8, 4) is 11.1 Å². The first-order valence-corrected chi connectivity index (χ1v) is 6.20. The van der Waals surface area contributed by atoms with Gasteiger partial charge in [-0.25, -0.2) is 4.39 Å². The highest BCUT2D eigenvalue weighted by atomic mass is 19.1. The standard InChI is InChI=1S/C16H12FN3/c17-14-3-1-2-12(10-14)4-5-16-15(11-19-20-16)13-6-8-18-9-7-13/h1-11H,(H,19,20). The number of benzene rings is 1. The molecule has 0 saturated heterocycles. The summed E-state index contributed by atoms with van der Waals surface area (Å²) >= 11 is 0. The van der Waals surface area contributed by atoms with Crippen LogP contribution in [0.1, 0.15) is 11.3 Å². The fourth-order valence-electron chi connectivity index (χ4n) is 1.97. The van der Waals surface area contributed by atoms with Crippen LogP contribution in [0.2, 0.25) is 0 Å². The van der Waals surface area contributed by atoms with Gasteiger partial charge in [0.2, 0.25) is 0 Å². The second-order valence-corrected chi connectivity index (χ2v) is 4.32. The first-order chi connectivity index (χ1) is 9.83. The molecule has 1 N–H and O–H groups in total. The van der Waals surface area contributed by atoms with Gasteiger partial charge in [0.25, 0.3) is 0 Å². The minimum atomic E-state index is -0.244. The molecule has 4 heteroatoms. The average Bonchev–Trinajstić information content (AvgIpc) is 2.95. The van der Waals surface area contributed by atoms with Crippen LogP contribution in [0.25, 0.3) is 23.3 Å². The average molecular weight is 265 g/mol. The van der Waals surface area contributed by atoms with Gasteiger partial charge < -0.3 is 0 Å². The summed E-state index contributed by atoms with van der Waals surface area (Å²) in [6.07, 6.45) is 8.98. The minimum Gasteiger partial charge on any atom is -0.278 e. The number of nitrogens with one attached hydrogen (secondary N) is 1. The fraction of sp³-hybridized carbons (Fsp3) is 0. The number of pyridine rings is 1. The third kappa shape index (κ3) is 2.64. The maximum absolute atomic E-state index is 13.1. The lowest BCUT2D eigenvalue weighted by Gasteiger charge is -1.98. The molecule has 0 unspecified atom stereocenters. The van der Waals surface area contributed by atoms with E-state index in [9.17, 15) is 4.39 Å². The quantitative estimate of drug-likeness (QED) is 0.783. The number of hydrogen-bond acceptors (Lipinski definition) is 2. The highest BCUT2D eigenvalue weighted by molar-refractivity contribution is 5.78. The molecule has 3 nitrogen and oxygen atoms in total. The van der Waals surface area contributed by atoms with Gasteiger partial charge >= 0.3 is 0 Å². The van der Waals surface area contributed by atoms with Gasteiger partial charge in [-0.2, -0.15) is 5.10 Å². The molecule has 0 fully saturated rings. The van der Waals surface area contributed by atoms with Gasteiger partial charge in [-0.15, -0.1) is 0 Å². The normalized spacial score (nSPS) is 11.1. The Morgan fingerprint density at radius 2 is 1.90 bits per heavy atom. The van der Waals surface area contributed by atoms with Crippen molar-refractivity contribution in [3.05, 3.63) is 72.1 Å². The predicted molar refractivity (Wildman–Crippen MR) is 77.1 cm³/mol. The van der Waals surface area contributed by atoms with Crippen LogP contribution in [0, 0.1) is 5.82 Å². The van der Waals surface area contributed by atoms with Crippen LogP contribution in [0.4, 0.5) is 4.39 Å². The number of halogens is 1. The molecule has 0 spiro atoms. The van der Waals surface area contributed by atoms with E-state index < -0.39 is 0 Å². The van der Waals surface area contributed by atoms with E-state index in [1.165, 1.54) is 12.1 Å². The third-order valence-electron chi connectivity index (χ3n) is 2.95. The summed E-state index contributed by atoms with van der Waals surface area (Å²) < 4.78 is 13.1. The number of H-pyrrole nitrogens is 1. The van der Waals surface area contributed by atoms with Crippen molar-refractivity contribution in [1.82, 2.24) is 15.2 Å². The number of rotatable bonds is 3. The first kappa shape index (κ1) is 12.3. The summed E-state index contributed by atoms with van der Waals surface area (Å²) in [6.45, 7) is 0. The molecular formula is C16H12FN3. The Bertz CT molecular complexity index is 732. The monoisotopic (exact) mass is 265 g/mol. The zero-order valence-electron chi connectivity index (χ0n) is 10.6. The van der Waals surface area contributed by atoms with Crippen LogP contribution in [0.15, 0.2) is 55.0 Å². The highest BCUT2D eigenvalue weighted by Gasteiger charge is 2.04. The highest BCUT2D eigenvalue weighted by Crippen LogP contribution is 2.22. The molecule has 3 rings (SSSR count). The molecule has 0 atom stereocenters. The topological polar surface area (TPSA) is 41.6 Å². The molecule has 0 aliphatic heterocycles. The molecule has 0 aliphatic carbocycles. The van der Waals surface area contributed by atoms with Crippen molar-refractivity contribution < 1.29 is 4.39 Å². The SMILES string of the molecule is Fc1cccc(C=Cc2[nH]ncc2-c2ccncc2)c1. The van der Waals surface area contributed by atoms with Crippen LogP contribution >= 0.6 is 0 Å². The van der Waals surface area contributed by atoms with Crippen LogP contribution in [-0.2, 0) is 0 Å². The third-order valence-corrected chi connectivity index (χ3v) is 2.95. The van der Waals surface area contributed by atoms with Crippen LogP contribution in [-0.4, -0.2) is 15.2 Å². The fourth-order valence-corrected chi connectivity index (χ4v) is 1.97. The van der Waals surface area contributed by atoms with Gasteiger partial charge in [-0.3, -0.25) is 10.1 Å². The second-order valence-electron chi connectivity index (χ2n) is 4.32. The molecule has 0 amide bonds. The largest absolute Gasteiger partial charge is 0.278 e. The summed E-state index contributed by atoms with van der Waals surface area (Å²) in [5, 5.41) is 7.00. The summed E-state index contributed by atoms with van der Waals surface area (Å²) in [4.78, 5) is 4.00. The maximum Gasteiger partial charge on any atom is 0.123 e. The summed E-state index contributed by atoms with van der Waals surface area (Å²) in [5.74, 6) is -0.244. The van der Waals surface area contributed by atoms with E-state index >= 15 is 0 Å². The molecule has 0 radical (unpaired) electrons. The first-order valence-electron chi connectivity index (χ1n) is 6.20. The summed E-state index contributed by atoms with van der Waals surface area (Å²) in [7, 11) is 0. The van der Waals surface area contributed by atoms with Crippen LogP contribution < -0.4 is 0 Å². The van der Waals surface area contributed by atoms with E-state index in [1.54, 1.807) is 24.7 Å². The Morgan fingerprint density at radius 1 is 1.05 bits per heavy atom. The van der Waals surface area contributed by atoms with Gasteiger partial charge in [0, 0.05) is 18.0 Å². The van der Waals surface area contributed by atoms with Crippen LogP contribution in [0.3, 0.4) is 0 Å². The van der Waals surface area contributed by atoms with Crippen molar-refractivity contribution in [1.29, 1.82) is 0 Å². The molecule has 1 aromatic carbocycles. The molecule has 2 heterocycles. The molecule has 0 aliphatic rings. The molecule has 2 aromatic heterocycles. The van der Waals surface area contributed by atoms with Crippen molar-refractivity contribution in [2.24, 2.45) is 0 Å². The van der Waals surface area contributed by atoms with Crippen molar-refractivity contribution >= 4 is 12.2 Å². The molecule has 98 valence electrons. The lowest BCUT2D eigenvalue weighted by Crippen LogP contribution is -1.81. The number of aromatic amines is 1. The van der Waals surface area contributed by atoms with Crippen molar-refractivity contribution in [2.75, 3.05) is 0 Å². The predicted octanol–water partition coefficient (Wildman–Crippen LogP) is 3.78. The van der Waals surface area contributed by atoms with Gasteiger partial charge in [-0.1, -0.05) is 18.2 Å². The molecule has 0 bridgehead atoms. The van der Waals surface area contributed by atoms with Gasteiger partial charge in [0.15, 0.2) is 0 Å². The smallest absolute Gasteiger partial charge is 0.123 e. The Balaban J connectivity index is 1.91. The number of hydrogen-bond donors (Lipinski definition) is 1. The number of nitrogens with zero attached hydrogens (tertiary/aromatic N) is 2. The van der Waals surface area contributed by atoms with E-state index in [4.69, 9.17) is 0 Å². The zero-order valence-corrected chi connectivity index (χ0v) is 10.6. The van der Waals surface area contributed by atoms with E-state index in [-0.39, 0.29) is 5.82 Å². The summed E-state index contributed by atoms with van der Waals surface area (Å²) in [6, 6.07) is 10.3. The molecule has 0 saturated carbocycles. The van der Waals surface area contributed by atoms with Crippen molar-refractivity contribution in [3.63, 3.8) is 0 Å². The van der Waals surface area contributed by atoms with E-state index in [1.807, 2.05) is 30.4 Å². The van der Waals surface area contributed by atoms with Gasteiger partial charge in [0.05, 0.1) is 11.9 Å². The number of aromatic nitrogens is 3. The Morgan fingerprint density at radius 3 is 2.70 bits per heavy atom. The molecule has 3 aromatic rings. The zero-order chi connectivity index (χ0) is 13.8.